The molecule has 11 N–H and O–H groups in total. The number of para-hydroxylation sites is 1. The number of amides is 2. The Balaban J connectivity index is 0.000000321. The molecule has 2 saturated heterocycles. The monoisotopic (exact) mass is 896 g/mol. The molecule has 4 aromatic carbocycles. The van der Waals surface area contributed by atoms with Crippen LogP contribution in [0.3, 0.4) is 0 Å². The van der Waals surface area contributed by atoms with E-state index in [4.69, 9.17) is 18.9 Å². The lowest BCUT2D eigenvalue weighted by molar-refractivity contribution is -0.119. The van der Waals surface area contributed by atoms with Gasteiger partial charge in [-0.05, 0) is 87.6 Å². The van der Waals surface area contributed by atoms with Crippen LogP contribution < -0.4 is 32.6 Å². The van der Waals surface area contributed by atoms with Gasteiger partial charge in [-0.2, -0.15) is 21.9 Å². The van der Waals surface area contributed by atoms with Gasteiger partial charge in [0.15, 0.2) is 5.82 Å². The number of nitrogens with one attached hydrogen (secondary N) is 4. The summed E-state index contributed by atoms with van der Waals surface area (Å²) in [4.78, 5) is 23.5. The van der Waals surface area contributed by atoms with Crippen molar-refractivity contribution >= 4 is 37.6 Å². The highest BCUT2D eigenvalue weighted by Gasteiger charge is 2.34. The molecule has 2 fully saturated rings. The molecule has 3 aliphatic heterocycles. The fraction of sp³-hybridized carbons (Fsp3) is 0.286. The minimum absolute atomic E-state index is 0. The van der Waals surface area contributed by atoms with E-state index < -0.39 is 20.2 Å². The van der Waals surface area contributed by atoms with Crippen LogP contribution in [0.2, 0.25) is 0 Å². The van der Waals surface area contributed by atoms with Gasteiger partial charge in [-0.15, -0.1) is 0 Å². The number of hydrogen-bond donors (Lipinski definition) is 9. The van der Waals surface area contributed by atoms with Crippen LogP contribution in [0.5, 0.6) is 11.5 Å². The van der Waals surface area contributed by atoms with Crippen molar-refractivity contribution in [3.8, 4) is 22.9 Å². The van der Waals surface area contributed by atoms with Crippen LogP contribution in [0.1, 0.15) is 70.8 Å². The molecule has 18 nitrogen and oxygen atoms in total. The largest absolute Gasteiger partial charge is 0.456 e. The summed E-state index contributed by atoms with van der Waals surface area (Å²) in [5.74, 6) is 12.1. The SMILES string of the molecule is C.CC(=O)NN.CC(=O)NN.CCO.Cc1nc(-c2ccc3c(c2)Oc2ccccc2C3=C2CC3CCC(C2)N3)n[nH]1.O=S(=O)(O)c1ccccc1.O=S(=O)(O)c1ccccc1. The lowest BCUT2D eigenvalue weighted by atomic mass is 9.84. The number of aryl methyl sites for hydroxylation is 1. The molecule has 0 aliphatic carbocycles. The van der Waals surface area contributed by atoms with Gasteiger partial charge in [-0.3, -0.25) is 34.6 Å². The summed E-state index contributed by atoms with van der Waals surface area (Å²) < 4.78 is 64.8. The molecule has 0 spiro atoms. The lowest BCUT2D eigenvalue weighted by Crippen LogP contribution is -2.35. The van der Waals surface area contributed by atoms with Gasteiger partial charge in [-0.25, -0.2) is 16.7 Å². The number of piperidine rings is 1. The van der Waals surface area contributed by atoms with Gasteiger partial charge in [-0.1, -0.05) is 73.7 Å². The normalized spacial score (nSPS) is 15.2. The smallest absolute Gasteiger partial charge is 0.294 e. The number of rotatable bonds is 3. The van der Waals surface area contributed by atoms with Crippen molar-refractivity contribution in [3.05, 3.63) is 126 Å². The van der Waals surface area contributed by atoms with Gasteiger partial charge in [0.2, 0.25) is 11.8 Å². The summed E-state index contributed by atoms with van der Waals surface area (Å²) in [6, 6.07) is 30.9. The highest BCUT2D eigenvalue weighted by molar-refractivity contribution is 7.86. The second-order valence-corrected chi connectivity index (χ2v) is 16.2. The Morgan fingerprint density at radius 3 is 1.60 bits per heavy atom. The lowest BCUT2D eigenvalue weighted by Gasteiger charge is -2.30. The predicted molar refractivity (Wildman–Crippen MR) is 236 cm³/mol. The molecular weight excluding hydrogens is 841 g/mol. The predicted octanol–water partition coefficient (Wildman–Crippen LogP) is 5.10. The molecule has 2 amide bonds. The average molecular weight is 897 g/mol. The van der Waals surface area contributed by atoms with E-state index >= 15 is 0 Å². The van der Waals surface area contributed by atoms with Crippen LogP contribution >= 0.6 is 0 Å². The van der Waals surface area contributed by atoms with E-state index in [2.05, 4.69) is 68.6 Å². The highest BCUT2D eigenvalue weighted by Crippen LogP contribution is 2.48. The van der Waals surface area contributed by atoms with Gasteiger partial charge in [0.1, 0.15) is 17.3 Å². The number of hydrogen-bond acceptors (Lipinski definition) is 13. The van der Waals surface area contributed by atoms with Gasteiger partial charge >= 0.3 is 0 Å². The van der Waals surface area contributed by atoms with E-state index in [1.807, 2.05) is 23.8 Å². The van der Waals surface area contributed by atoms with E-state index in [0.29, 0.717) is 17.9 Å². The quantitative estimate of drug-likeness (QED) is 0.0483. The standard InChI is InChI=1S/C23H22N4O.2C6H6O3S.2C2H6N2O.C2H6O.CH4/c1-13-24-23(27-26-13)14-6-9-19-21(12-14)28-20-5-3-2-4-18(20)22(19)15-10-16-7-8-17(11-15)25-16;2*7-10(8,9)6-4-2-1-3-5-6;2*1-2(5)4-3;1-2-3;/h2-6,9,12,16-17,25H,7-8,10-11H2,1H3,(H,24,26,27);2*1-5H,(H,7,8,9);2*3H2,1H3,(H,4,5);3H,2H2,1H3;1H4. The van der Waals surface area contributed by atoms with Crippen LogP contribution in [0.4, 0.5) is 0 Å². The molecule has 0 radical (unpaired) electrons. The van der Waals surface area contributed by atoms with Crippen molar-refractivity contribution in [1.29, 1.82) is 0 Å². The number of ether oxygens (including phenoxy) is 1. The first kappa shape index (κ1) is 52.3. The number of carbonyl (C=O) groups excluding carboxylic acids is 2. The first-order valence-corrected chi connectivity index (χ1v) is 21.7. The zero-order valence-corrected chi connectivity index (χ0v) is 35.7. The van der Waals surface area contributed by atoms with E-state index in [0.717, 1.165) is 35.7 Å². The highest BCUT2D eigenvalue weighted by atomic mass is 32.2. The molecule has 62 heavy (non-hydrogen) atoms. The average Bonchev–Trinajstić information content (AvgIpc) is 3.84. The van der Waals surface area contributed by atoms with E-state index in [9.17, 15) is 26.4 Å². The molecular formula is C42H56N8O10S2. The number of benzene rings is 4. The Kier molecular flexibility index (Phi) is 21.2. The number of nitrogens with two attached hydrogens (primary N) is 2. The summed E-state index contributed by atoms with van der Waals surface area (Å²) in [5.41, 5.74) is 10.1. The molecule has 2 atom stereocenters. The fourth-order valence-electron chi connectivity index (χ4n) is 6.12. The number of aromatic nitrogens is 3. The third kappa shape index (κ3) is 16.6. The molecule has 2 bridgehead atoms. The fourth-order valence-corrected chi connectivity index (χ4v) is 7.12. The minimum atomic E-state index is -4.00. The number of hydrazine groups is 2. The zero-order valence-electron chi connectivity index (χ0n) is 34.1. The Bertz CT molecular complexity index is 2350. The van der Waals surface area contributed by atoms with Crippen LogP contribution in [0.25, 0.3) is 17.0 Å². The van der Waals surface area contributed by atoms with Crippen molar-refractivity contribution in [2.24, 2.45) is 11.7 Å². The molecule has 336 valence electrons. The number of aliphatic hydroxyl groups excluding tert-OH is 1. The van der Waals surface area contributed by atoms with E-state index in [-0.39, 0.29) is 35.6 Å². The third-order valence-electron chi connectivity index (χ3n) is 8.65. The van der Waals surface area contributed by atoms with E-state index in [1.54, 1.807) is 48.9 Å². The second-order valence-electron chi connectivity index (χ2n) is 13.4. The summed E-state index contributed by atoms with van der Waals surface area (Å²) >= 11 is 0. The number of nitrogens with zero attached hydrogens (tertiary/aromatic N) is 2. The molecule has 0 saturated carbocycles. The van der Waals surface area contributed by atoms with Crippen LogP contribution in [-0.4, -0.2) is 76.7 Å². The van der Waals surface area contributed by atoms with Crippen molar-refractivity contribution in [2.45, 2.75) is 82.7 Å². The van der Waals surface area contributed by atoms with Gasteiger partial charge in [0, 0.05) is 49.2 Å². The Labute approximate surface area is 362 Å². The van der Waals surface area contributed by atoms with Crippen molar-refractivity contribution in [2.75, 3.05) is 6.61 Å². The Morgan fingerprint density at radius 2 is 1.19 bits per heavy atom. The van der Waals surface area contributed by atoms with Gasteiger partial charge < -0.3 is 15.2 Å². The molecule has 20 heteroatoms. The third-order valence-corrected chi connectivity index (χ3v) is 10.4. The first-order valence-electron chi connectivity index (χ1n) is 18.8. The molecule has 3 aliphatic rings. The number of H-pyrrole nitrogens is 1. The summed E-state index contributed by atoms with van der Waals surface area (Å²) in [6.45, 7) is 6.54. The van der Waals surface area contributed by atoms with Crippen molar-refractivity contribution in [1.82, 2.24) is 31.3 Å². The molecule has 1 aromatic heterocycles. The minimum Gasteiger partial charge on any atom is -0.456 e. The maximum absolute atomic E-state index is 10.4. The Morgan fingerprint density at radius 1 is 0.758 bits per heavy atom. The summed E-state index contributed by atoms with van der Waals surface area (Å²) in [5, 5.41) is 18.6. The maximum Gasteiger partial charge on any atom is 0.294 e. The number of aliphatic hydroxyl groups is 1. The topological polar surface area (TPSA) is 302 Å². The second kappa shape index (κ2) is 25.2. The van der Waals surface area contributed by atoms with Crippen molar-refractivity contribution in [3.63, 3.8) is 0 Å². The first-order chi connectivity index (χ1) is 28.9. The Hall–Kier alpha value is -5.84. The van der Waals surface area contributed by atoms with Gasteiger partial charge in [0.25, 0.3) is 20.2 Å². The van der Waals surface area contributed by atoms with Crippen LogP contribution in [0.15, 0.2) is 118 Å². The van der Waals surface area contributed by atoms with Crippen molar-refractivity contribution < 1.29 is 45.4 Å². The molecule has 4 heterocycles. The van der Waals surface area contributed by atoms with Crippen LogP contribution in [-0.2, 0) is 29.8 Å². The van der Waals surface area contributed by atoms with Gasteiger partial charge in [0.05, 0.1) is 9.79 Å². The summed E-state index contributed by atoms with van der Waals surface area (Å²) in [7, 11) is -8.01. The zero-order chi connectivity index (χ0) is 45.2. The number of aromatic amines is 1. The molecule has 5 aromatic rings. The van der Waals surface area contributed by atoms with E-state index in [1.165, 1.54) is 67.7 Å². The molecule has 2 unspecified atom stereocenters. The number of carbonyl (C=O) groups is 2. The number of fused-ring (bicyclic) bond motifs is 4. The summed E-state index contributed by atoms with van der Waals surface area (Å²) in [6.07, 6.45) is 4.83. The maximum atomic E-state index is 10.4. The van der Waals surface area contributed by atoms with Crippen LogP contribution in [0, 0.1) is 6.92 Å². The molecule has 8 rings (SSSR count).